The summed E-state index contributed by atoms with van der Waals surface area (Å²) in [5.41, 5.74) is 11.5. The average Bonchev–Trinajstić information content (AvgIpc) is 3.21. The van der Waals surface area contributed by atoms with Crippen molar-refractivity contribution in [2.45, 2.75) is 24.3 Å². The first-order valence-electron chi connectivity index (χ1n) is 10.2. The molecule has 2 aromatic heterocycles. The van der Waals surface area contributed by atoms with E-state index in [1.54, 1.807) is 4.52 Å². The van der Waals surface area contributed by atoms with E-state index in [1.807, 2.05) is 81.0 Å². The minimum atomic E-state index is -1.56. The third kappa shape index (κ3) is 3.50. The Kier molecular flexibility index (Phi) is 4.89. The minimum absolute atomic E-state index is 0.382. The van der Waals surface area contributed by atoms with Gasteiger partial charge in [-0.05, 0) is 47.4 Å². The van der Waals surface area contributed by atoms with Crippen molar-refractivity contribution in [1.29, 1.82) is 0 Å². The first-order chi connectivity index (χ1) is 15.3. The molecular formula is C25H23N5OS. The number of benzene rings is 3. The number of aromatic nitrogens is 3. The molecule has 0 saturated carbocycles. The van der Waals surface area contributed by atoms with Crippen molar-refractivity contribution < 1.29 is 4.21 Å². The lowest BCUT2D eigenvalue weighted by Gasteiger charge is -2.19. The first-order valence-corrected chi connectivity index (χ1v) is 11.5. The van der Waals surface area contributed by atoms with Gasteiger partial charge in [-0.15, -0.1) is 0 Å². The molecule has 0 saturated heterocycles. The summed E-state index contributed by atoms with van der Waals surface area (Å²) in [4.78, 5) is 5.33. The van der Waals surface area contributed by atoms with Crippen molar-refractivity contribution in [3.63, 3.8) is 0 Å². The van der Waals surface area contributed by atoms with Gasteiger partial charge in [-0.2, -0.15) is 5.10 Å². The second kappa shape index (κ2) is 7.63. The third-order valence-corrected chi connectivity index (χ3v) is 6.50. The Morgan fingerprint density at radius 2 is 1.59 bits per heavy atom. The van der Waals surface area contributed by atoms with Crippen molar-refractivity contribution in [1.82, 2.24) is 14.6 Å². The average molecular weight is 442 g/mol. The summed E-state index contributed by atoms with van der Waals surface area (Å²) in [5, 5.41) is 12.1. The Morgan fingerprint density at radius 1 is 0.875 bits per heavy atom. The molecule has 0 aliphatic carbocycles. The number of nitrogens with zero attached hydrogens (tertiary/aromatic N) is 3. The standard InChI is InChI=1S/C25H23N5OS/c1-25(2,26)18-9-7-16(8-10-18)17-13-28-24-22(14-29-30(24)15-17)20-11-12-23(32(27)31)21-6-4-3-5-19(20)21/h3-15H,26-27H2,1-2H3. The second-order valence-corrected chi connectivity index (χ2v) is 9.46. The molecule has 0 aliphatic heterocycles. The predicted molar refractivity (Wildman–Crippen MR) is 129 cm³/mol. The third-order valence-electron chi connectivity index (χ3n) is 5.71. The fraction of sp³-hybridized carbons (Fsp3) is 0.120. The minimum Gasteiger partial charge on any atom is -0.322 e. The summed E-state index contributed by atoms with van der Waals surface area (Å²) in [6.07, 6.45) is 5.64. The Morgan fingerprint density at radius 3 is 2.28 bits per heavy atom. The molecule has 4 N–H and O–H groups in total. The quantitative estimate of drug-likeness (QED) is 0.432. The van der Waals surface area contributed by atoms with Gasteiger partial charge in [-0.3, -0.25) is 0 Å². The van der Waals surface area contributed by atoms with Crippen LogP contribution >= 0.6 is 0 Å². The van der Waals surface area contributed by atoms with Crippen molar-refractivity contribution in [3.05, 3.63) is 84.8 Å². The number of rotatable bonds is 4. The smallest absolute Gasteiger partial charge is 0.162 e. The maximum atomic E-state index is 12.0. The molecule has 6 nitrogen and oxygen atoms in total. The molecular weight excluding hydrogens is 418 g/mol. The van der Waals surface area contributed by atoms with Gasteiger partial charge in [0.05, 0.1) is 11.1 Å². The molecule has 2 heterocycles. The van der Waals surface area contributed by atoms with Crippen molar-refractivity contribution in [2.75, 3.05) is 0 Å². The van der Waals surface area contributed by atoms with Gasteiger partial charge in [0.1, 0.15) is 11.0 Å². The van der Waals surface area contributed by atoms with Gasteiger partial charge in [0.25, 0.3) is 0 Å². The summed E-state index contributed by atoms with van der Waals surface area (Å²) in [6, 6.07) is 19.7. The Labute approximate surface area is 188 Å². The number of fused-ring (bicyclic) bond motifs is 2. The molecule has 0 radical (unpaired) electrons. The monoisotopic (exact) mass is 441 g/mol. The number of hydrogen-bond acceptors (Lipinski definition) is 4. The molecule has 7 heteroatoms. The normalized spacial score (nSPS) is 13.0. The second-order valence-electron chi connectivity index (χ2n) is 8.42. The number of nitrogens with two attached hydrogens (primary N) is 2. The Balaban J connectivity index is 1.60. The summed E-state index contributed by atoms with van der Waals surface area (Å²) < 4.78 is 13.8. The maximum absolute atomic E-state index is 12.0. The molecule has 5 rings (SSSR count). The van der Waals surface area contributed by atoms with Crippen LogP contribution in [-0.2, 0) is 16.5 Å². The van der Waals surface area contributed by atoms with Crippen LogP contribution in [0.5, 0.6) is 0 Å². The van der Waals surface area contributed by atoms with Crippen molar-refractivity contribution in [3.8, 4) is 22.3 Å². The van der Waals surface area contributed by atoms with E-state index in [2.05, 4.69) is 17.2 Å². The lowest BCUT2D eigenvalue weighted by molar-refractivity contribution is 0.554. The lowest BCUT2D eigenvalue weighted by Crippen LogP contribution is -2.28. The van der Waals surface area contributed by atoms with E-state index in [-0.39, 0.29) is 5.54 Å². The first kappa shape index (κ1) is 20.5. The van der Waals surface area contributed by atoms with Gasteiger partial charge in [0.2, 0.25) is 0 Å². The van der Waals surface area contributed by atoms with Crippen LogP contribution in [0.15, 0.2) is 84.1 Å². The maximum Gasteiger partial charge on any atom is 0.162 e. The van der Waals surface area contributed by atoms with Crippen molar-refractivity contribution >= 4 is 27.4 Å². The van der Waals surface area contributed by atoms with E-state index in [1.165, 1.54) is 0 Å². The molecule has 5 aromatic rings. The number of hydrogen-bond donors (Lipinski definition) is 2. The highest BCUT2D eigenvalue weighted by atomic mass is 32.2. The van der Waals surface area contributed by atoms with Gasteiger partial charge in [0, 0.05) is 29.1 Å². The van der Waals surface area contributed by atoms with Crippen LogP contribution in [0.25, 0.3) is 38.7 Å². The molecule has 32 heavy (non-hydrogen) atoms. The fourth-order valence-electron chi connectivity index (χ4n) is 3.99. The highest BCUT2D eigenvalue weighted by Gasteiger charge is 2.16. The molecule has 0 spiro atoms. The van der Waals surface area contributed by atoms with E-state index < -0.39 is 11.0 Å². The van der Waals surface area contributed by atoms with E-state index in [0.717, 1.165) is 44.2 Å². The van der Waals surface area contributed by atoms with E-state index in [9.17, 15) is 4.21 Å². The summed E-state index contributed by atoms with van der Waals surface area (Å²) in [6.45, 7) is 3.98. The van der Waals surface area contributed by atoms with Crippen LogP contribution in [0.3, 0.4) is 0 Å². The van der Waals surface area contributed by atoms with E-state index in [0.29, 0.717) is 4.90 Å². The highest BCUT2D eigenvalue weighted by Crippen LogP contribution is 2.34. The van der Waals surface area contributed by atoms with E-state index in [4.69, 9.17) is 15.9 Å². The van der Waals surface area contributed by atoms with Gasteiger partial charge < -0.3 is 5.73 Å². The van der Waals surface area contributed by atoms with Gasteiger partial charge in [-0.1, -0.05) is 54.6 Å². The SMILES string of the molecule is CC(C)(N)c1ccc(-c2cnc3c(-c4ccc(S(N)=O)c5ccccc45)cnn3c2)cc1. The van der Waals surface area contributed by atoms with Crippen LogP contribution in [0, 0.1) is 0 Å². The highest BCUT2D eigenvalue weighted by molar-refractivity contribution is 7.83. The van der Waals surface area contributed by atoms with Crippen LogP contribution in [-0.4, -0.2) is 18.8 Å². The van der Waals surface area contributed by atoms with Gasteiger partial charge in [-0.25, -0.2) is 18.8 Å². The molecule has 0 bridgehead atoms. The van der Waals surface area contributed by atoms with Gasteiger partial charge >= 0.3 is 0 Å². The van der Waals surface area contributed by atoms with Crippen LogP contribution < -0.4 is 10.9 Å². The van der Waals surface area contributed by atoms with Gasteiger partial charge in [0.15, 0.2) is 5.65 Å². The van der Waals surface area contributed by atoms with Crippen molar-refractivity contribution in [2.24, 2.45) is 10.9 Å². The summed E-state index contributed by atoms with van der Waals surface area (Å²) >= 11 is 0. The Bertz CT molecular complexity index is 1480. The zero-order valence-electron chi connectivity index (χ0n) is 17.8. The summed E-state index contributed by atoms with van der Waals surface area (Å²) in [7, 11) is -1.56. The van der Waals surface area contributed by atoms with E-state index >= 15 is 0 Å². The largest absolute Gasteiger partial charge is 0.322 e. The van der Waals surface area contributed by atoms with Crippen LogP contribution in [0.4, 0.5) is 0 Å². The molecule has 3 aromatic carbocycles. The molecule has 0 fully saturated rings. The van der Waals surface area contributed by atoms with Crippen LogP contribution in [0.1, 0.15) is 19.4 Å². The molecule has 0 aliphatic rings. The molecule has 1 atom stereocenters. The molecule has 0 amide bonds. The molecule has 160 valence electrons. The predicted octanol–water partition coefficient (Wildman–Crippen LogP) is 4.39. The molecule has 1 unspecified atom stereocenters. The zero-order valence-corrected chi connectivity index (χ0v) is 18.6. The fourth-order valence-corrected chi connectivity index (χ4v) is 4.58. The summed E-state index contributed by atoms with van der Waals surface area (Å²) in [5.74, 6) is 0. The Hall–Kier alpha value is -3.39. The lowest BCUT2D eigenvalue weighted by atomic mass is 9.94. The zero-order chi connectivity index (χ0) is 22.5. The van der Waals surface area contributed by atoms with Crippen LogP contribution in [0.2, 0.25) is 0 Å². The topological polar surface area (TPSA) is 99.3 Å².